The molecule has 0 aliphatic heterocycles. The number of nitrogen functional groups attached to an aromatic ring is 1. The molecule has 2 aromatic rings. The Morgan fingerprint density at radius 3 is 2.95 bits per heavy atom. The van der Waals surface area contributed by atoms with Gasteiger partial charge < -0.3 is 15.4 Å². The third kappa shape index (κ3) is 2.53. The number of nitrogens with zero attached hydrogens (tertiary/aromatic N) is 2. The highest BCUT2D eigenvalue weighted by Gasteiger charge is 2.30. The van der Waals surface area contributed by atoms with Crippen molar-refractivity contribution in [3.05, 3.63) is 17.1 Å². The number of aromatic nitrogens is 1. The first-order valence-electron chi connectivity index (χ1n) is 6.61. The van der Waals surface area contributed by atoms with E-state index in [1.807, 2.05) is 6.92 Å². The fraction of sp³-hybridized carbons (Fsp3) is 0.500. The lowest BCUT2D eigenvalue weighted by atomic mass is 10.2. The maximum atomic E-state index is 6.23. The van der Waals surface area contributed by atoms with Gasteiger partial charge in [-0.25, -0.2) is 4.98 Å². The molecule has 1 saturated carbocycles. The summed E-state index contributed by atoms with van der Waals surface area (Å²) >= 11 is 1.69. The molecule has 5 heteroatoms. The Kier molecular flexibility index (Phi) is 3.33. The van der Waals surface area contributed by atoms with Gasteiger partial charge in [0, 0.05) is 19.7 Å². The van der Waals surface area contributed by atoms with Crippen molar-refractivity contribution in [3.8, 4) is 0 Å². The molecule has 1 aliphatic carbocycles. The molecule has 1 heterocycles. The van der Waals surface area contributed by atoms with Gasteiger partial charge in [-0.1, -0.05) is 0 Å². The number of hydrogen-bond acceptors (Lipinski definition) is 5. The van der Waals surface area contributed by atoms with Gasteiger partial charge >= 0.3 is 0 Å². The van der Waals surface area contributed by atoms with Crippen LogP contribution < -0.4 is 10.6 Å². The summed E-state index contributed by atoms with van der Waals surface area (Å²) in [6.07, 6.45) is 2.49. The lowest BCUT2D eigenvalue weighted by Gasteiger charge is -2.25. The van der Waals surface area contributed by atoms with E-state index in [1.54, 1.807) is 18.4 Å². The second-order valence-electron chi connectivity index (χ2n) is 5.03. The highest BCUT2D eigenvalue weighted by molar-refractivity contribution is 7.18. The molecule has 0 amide bonds. The van der Waals surface area contributed by atoms with Crippen LogP contribution in [0, 0.1) is 6.92 Å². The molecule has 1 fully saturated rings. The van der Waals surface area contributed by atoms with Crippen LogP contribution in [0.15, 0.2) is 12.1 Å². The van der Waals surface area contributed by atoms with Crippen LogP contribution in [0.5, 0.6) is 0 Å². The molecule has 3 rings (SSSR count). The number of rotatable bonds is 5. The van der Waals surface area contributed by atoms with E-state index in [2.05, 4.69) is 22.0 Å². The third-order valence-electron chi connectivity index (χ3n) is 3.48. The molecule has 0 unspecified atom stereocenters. The molecule has 1 aromatic carbocycles. The van der Waals surface area contributed by atoms with Crippen molar-refractivity contribution in [2.24, 2.45) is 0 Å². The molecule has 4 nitrogen and oxygen atoms in total. The Bertz CT molecular complexity index is 592. The van der Waals surface area contributed by atoms with E-state index in [4.69, 9.17) is 10.5 Å². The van der Waals surface area contributed by atoms with Crippen molar-refractivity contribution in [2.45, 2.75) is 25.8 Å². The minimum Gasteiger partial charge on any atom is -0.397 e. The van der Waals surface area contributed by atoms with Crippen molar-refractivity contribution in [1.29, 1.82) is 0 Å². The SMILES string of the molecule is COCCN(c1cc2nc(C)sc2cc1N)C1CC1. The molecule has 1 aromatic heterocycles. The Morgan fingerprint density at radius 2 is 2.26 bits per heavy atom. The number of thiazole rings is 1. The first-order chi connectivity index (χ1) is 9.19. The minimum atomic E-state index is 0.620. The largest absolute Gasteiger partial charge is 0.397 e. The van der Waals surface area contributed by atoms with Crippen LogP contribution in [-0.2, 0) is 4.74 Å². The number of methoxy groups -OCH3 is 1. The normalized spacial score (nSPS) is 15.1. The predicted molar refractivity (Wildman–Crippen MR) is 81.0 cm³/mol. The number of ether oxygens (including phenoxy) is 1. The van der Waals surface area contributed by atoms with Gasteiger partial charge in [0.05, 0.1) is 33.2 Å². The van der Waals surface area contributed by atoms with Gasteiger partial charge in [0.15, 0.2) is 0 Å². The molecule has 0 radical (unpaired) electrons. The summed E-state index contributed by atoms with van der Waals surface area (Å²) in [6.45, 7) is 3.65. The van der Waals surface area contributed by atoms with E-state index in [0.29, 0.717) is 6.04 Å². The van der Waals surface area contributed by atoms with Crippen molar-refractivity contribution >= 4 is 32.9 Å². The predicted octanol–water partition coefficient (Wildman–Crippen LogP) is 2.80. The van der Waals surface area contributed by atoms with Gasteiger partial charge in [-0.3, -0.25) is 0 Å². The zero-order valence-electron chi connectivity index (χ0n) is 11.3. The van der Waals surface area contributed by atoms with Crippen molar-refractivity contribution in [3.63, 3.8) is 0 Å². The average molecular weight is 277 g/mol. The first-order valence-corrected chi connectivity index (χ1v) is 7.43. The Labute approximate surface area is 117 Å². The first kappa shape index (κ1) is 12.7. The third-order valence-corrected chi connectivity index (χ3v) is 4.41. The van der Waals surface area contributed by atoms with Crippen molar-refractivity contribution in [1.82, 2.24) is 4.98 Å². The molecule has 2 N–H and O–H groups in total. The summed E-state index contributed by atoms with van der Waals surface area (Å²) < 4.78 is 6.37. The smallest absolute Gasteiger partial charge is 0.0907 e. The van der Waals surface area contributed by atoms with Crippen LogP contribution in [0.1, 0.15) is 17.8 Å². The van der Waals surface area contributed by atoms with Crippen LogP contribution in [-0.4, -0.2) is 31.3 Å². The minimum absolute atomic E-state index is 0.620. The number of nitrogens with two attached hydrogens (primary N) is 1. The number of aryl methyl sites for hydroxylation is 1. The Balaban J connectivity index is 1.98. The average Bonchev–Trinajstić information content (AvgIpc) is 3.13. The second-order valence-corrected chi connectivity index (χ2v) is 6.26. The summed E-state index contributed by atoms with van der Waals surface area (Å²) in [6, 6.07) is 4.80. The lowest BCUT2D eigenvalue weighted by Crippen LogP contribution is -2.30. The lowest BCUT2D eigenvalue weighted by molar-refractivity contribution is 0.205. The van der Waals surface area contributed by atoms with Crippen molar-refractivity contribution < 1.29 is 4.74 Å². The van der Waals surface area contributed by atoms with Crippen LogP contribution >= 0.6 is 11.3 Å². The van der Waals surface area contributed by atoms with E-state index in [9.17, 15) is 0 Å². The standard InChI is InChI=1S/C14H19N3OS/c1-9-16-12-8-13(11(15)7-14(12)19-9)17(5-6-18-2)10-3-4-10/h7-8,10H,3-6,15H2,1-2H3. The summed E-state index contributed by atoms with van der Waals surface area (Å²) in [5.74, 6) is 0. The molecule has 0 spiro atoms. The number of fused-ring (bicyclic) bond motifs is 1. The van der Waals surface area contributed by atoms with E-state index >= 15 is 0 Å². The molecular weight excluding hydrogens is 258 g/mol. The number of anilines is 2. The van der Waals surface area contributed by atoms with Crippen LogP contribution in [0.2, 0.25) is 0 Å². The number of benzene rings is 1. The summed E-state index contributed by atoms with van der Waals surface area (Å²) in [7, 11) is 1.74. The number of hydrogen-bond donors (Lipinski definition) is 1. The maximum Gasteiger partial charge on any atom is 0.0907 e. The molecule has 0 atom stereocenters. The molecule has 0 bridgehead atoms. The molecule has 102 valence electrons. The molecular formula is C14H19N3OS. The fourth-order valence-electron chi connectivity index (χ4n) is 2.42. The van der Waals surface area contributed by atoms with Gasteiger partial charge in [-0.2, -0.15) is 0 Å². The van der Waals surface area contributed by atoms with Gasteiger partial charge in [0.25, 0.3) is 0 Å². The van der Waals surface area contributed by atoms with E-state index in [-0.39, 0.29) is 0 Å². The second kappa shape index (κ2) is 4.98. The molecule has 0 saturated heterocycles. The maximum absolute atomic E-state index is 6.23. The van der Waals surface area contributed by atoms with E-state index < -0.39 is 0 Å². The highest BCUT2D eigenvalue weighted by atomic mass is 32.1. The monoisotopic (exact) mass is 277 g/mol. The van der Waals surface area contributed by atoms with Crippen molar-refractivity contribution in [2.75, 3.05) is 30.9 Å². The summed E-state index contributed by atoms with van der Waals surface area (Å²) in [4.78, 5) is 6.93. The van der Waals surface area contributed by atoms with E-state index in [1.165, 1.54) is 17.5 Å². The summed E-state index contributed by atoms with van der Waals surface area (Å²) in [5, 5.41) is 1.08. The Morgan fingerprint density at radius 1 is 1.47 bits per heavy atom. The quantitative estimate of drug-likeness (QED) is 0.854. The van der Waals surface area contributed by atoms with Gasteiger partial charge in [-0.05, 0) is 31.9 Å². The zero-order valence-corrected chi connectivity index (χ0v) is 12.2. The molecule has 19 heavy (non-hydrogen) atoms. The zero-order chi connectivity index (χ0) is 13.4. The van der Waals surface area contributed by atoms with Crippen LogP contribution in [0.4, 0.5) is 11.4 Å². The van der Waals surface area contributed by atoms with E-state index in [0.717, 1.165) is 35.1 Å². The summed E-state index contributed by atoms with van der Waals surface area (Å²) in [5.41, 5.74) is 9.24. The van der Waals surface area contributed by atoms with Gasteiger partial charge in [0.1, 0.15) is 0 Å². The van der Waals surface area contributed by atoms with Crippen LogP contribution in [0.25, 0.3) is 10.2 Å². The highest BCUT2D eigenvalue weighted by Crippen LogP contribution is 2.37. The topological polar surface area (TPSA) is 51.4 Å². The Hall–Kier alpha value is -1.33. The van der Waals surface area contributed by atoms with Gasteiger partial charge in [-0.15, -0.1) is 11.3 Å². The van der Waals surface area contributed by atoms with Crippen LogP contribution in [0.3, 0.4) is 0 Å². The van der Waals surface area contributed by atoms with Gasteiger partial charge in [0.2, 0.25) is 0 Å². The fourth-order valence-corrected chi connectivity index (χ4v) is 3.28. The molecule has 1 aliphatic rings.